The molecule has 2 atom stereocenters. The Hall–Kier alpha value is -2.09. The van der Waals surface area contributed by atoms with Gasteiger partial charge < -0.3 is 4.74 Å². The molecule has 2 heteroatoms. The van der Waals surface area contributed by atoms with Gasteiger partial charge in [-0.05, 0) is 11.1 Å². The van der Waals surface area contributed by atoms with Crippen LogP contribution in [0.15, 0.2) is 65.7 Å². The molecule has 0 aromatic heterocycles. The summed E-state index contributed by atoms with van der Waals surface area (Å²) in [5.41, 5.74) is 2.22. The molecular formula is C20H23NO. The molecule has 114 valence electrons. The molecule has 0 N–H and O–H groups in total. The van der Waals surface area contributed by atoms with Crippen molar-refractivity contribution in [3.8, 4) is 0 Å². The van der Waals surface area contributed by atoms with Crippen LogP contribution in [0.3, 0.4) is 0 Å². The third-order valence-electron chi connectivity index (χ3n) is 4.51. The van der Waals surface area contributed by atoms with Crippen molar-refractivity contribution < 1.29 is 4.74 Å². The van der Waals surface area contributed by atoms with Gasteiger partial charge in [0, 0.05) is 25.3 Å². The lowest BCUT2D eigenvalue weighted by atomic mass is 9.77. The van der Waals surface area contributed by atoms with E-state index in [1.165, 1.54) is 11.1 Å². The van der Waals surface area contributed by atoms with Crippen LogP contribution >= 0.6 is 0 Å². The topological polar surface area (TPSA) is 21.6 Å². The minimum Gasteiger partial charge on any atom is -0.469 e. The van der Waals surface area contributed by atoms with Gasteiger partial charge in [-0.25, -0.2) is 0 Å². The van der Waals surface area contributed by atoms with Gasteiger partial charge in [-0.1, -0.05) is 74.5 Å². The molecule has 3 rings (SSSR count). The Morgan fingerprint density at radius 3 is 2.32 bits per heavy atom. The Morgan fingerprint density at radius 1 is 1.05 bits per heavy atom. The summed E-state index contributed by atoms with van der Waals surface area (Å²) in [7, 11) is 0. The van der Waals surface area contributed by atoms with Crippen LogP contribution in [-0.2, 0) is 16.8 Å². The van der Waals surface area contributed by atoms with E-state index in [0.717, 1.165) is 25.3 Å². The van der Waals surface area contributed by atoms with E-state index in [4.69, 9.17) is 4.74 Å². The summed E-state index contributed by atoms with van der Waals surface area (Å²) in [5, 5.41) is 0. The molecule has 2 aromatic carbocycles. The van der Waals surface area contributed by atoms with E-state index in [0.29, 0.717) is 5.92 Å². The Bertz CT molecular complexity index is 635. The highest BCUT2D eigenvalue weighted by Gasteiger charge is 2.43. The molecule has 0 saturated carbocycles. The Balaban J connectivity index is 2.04. The largest absolute Gasteiger partial charge is 0.469 e. The van der Waals surface area contributed by atoms with Crippen LogP contribution in [0.2, 0.25) is 0 Å². The number of aliphatic imine (C=N–C) groups is 1. The summed E-state index contributed by atoms with van der Waals surface area (Å²) >= 11 is 0. The average molecular weight is 293 g/mol. The van der Waals surface area contributed by atoms with E-state index < -0.39 is 0 Å². The number of benzene rings is 2. The maximum Gasteiger partial charge on any atom is 0.184 e. The van der Waals surface area contributed by atoms with Gasteiger partial charge in [0.1, 0.15) is 5.60 Å². The van der Waals surface area contributed by atoms with Gasteiger partial charge >= 0.3 is 0 Å². The van der Waals surface area contributed by atoms with Crippen LogP contribution in [-0.4, -0.2) is 12.4 Å². The molecule has 0 aliphatic carbocycles. The van der Waals surface area contributed by atoms with Crippen molar-refractivity contribution in [2.75, 3.05) is 6.54 Å². The van der Waals surface area contributed by atoms with Crippen LogP contribution in [0, 0.1) is 5.92 Å². The number of nitrogens with zero attached hydrogens (tertiary/aromatic N) is 1. The van der Waals surface area contributed by atoms with E-state index in [-0.39, 0.29) is 5.60 Å². The highest BCUT2D eigenvalue weighted by atomic mass is 16.5. The molecule has 0 bridgehead atoms. The lowest BCUT2D eigenvalue weighted by Gasteiger charge is -2.42. The van der Waals surface area contributed by atoms with Gasteiger partial charge in [0.05, 0.1) is 0 Å². The van der Waals surface area contributed by atoms with E-state index in [1.807, 2.05) is 0 Å². The smallest absolute Gasteiger partial charge is 0.184 e. The second-order valence-electron chi connectivity index (χ2n) is 6.01. The zero-order valence-electron chi connectivity index (χ0n) is 13.3. The molecule has 1 heterocycles. The van der Waals surface area contributed by atoms with E-state index in [9.17, 15) is 0 Å². The number of hydrogen-bond acceptors (Lipinski definition) is 2. The SMILES string of the molecule is CCC1=NC[C@@H](C)[C@@](Cc2ccccc2)(c2ccccc2)O1. The molecule has 0 amide bonds. The molecule has 2 nitrogen and oxygen atoms in total. The normalized spacial score (nSPS) is 24.5. The third-order valence-corrected chi connectivity index (χ3v) is 4.51. The first-order chi connectivity index (χ1) is 10.7. The number of hydrogen-bond donors (Lipinski definition) is 0. The van der Waals surface area contributed by atoms with Crippen molar-refractivity contribution in [1.29, 1.82) is 0 Å². The Morgan fingerprint density at radius 2 is 1.68 bits per heavy atom. The van der Waals surface area contributed by atoms with Crippen LogP contribution in [0.4, 0.5) is 0 Å². The molecule has 0 fully saturated rings. The van der Waals surface area contributed by atoms with E-state index in [2.05, 4.69) is 79.5 Å². The summed E-state index contributed by atoms with van der Waals surface area (Å²) in [5.74, 6) is 1.21. The van der Waals surface area contributed by atoms with E-state index >= 15 is 0 Å². The van der Waals surface area contributed by atoms with Gasteiger partial charge in [0.15, 0.2) is 5.90 Å². The van der Waals surface area contributed by atoms with Crippen molar-refractivity contribution in [2.45, 2.75) is 32.3 Å². The lowest BCUT2D eigenvalue weighted by Crippen LogP contribution is -2.45. The minimum absolute atomic E-state index is 0.324. The van der Waals surface area contributed by atoms with Crippen molar-refractivity contribution in [3.05, 3.63) is 71.8 Å². The molecule has 22 heavy (non-hydrogen) atoms. The molecular weight excluding hydrogens is 270 g/mol. The molecule has 0 saturated heterocycles. The first-order valence-electron chi connectivity index (χ1n) is 8.06. The molecule has 1 aliphatic rings. The summed E-state index contributed by atoms with van der Waals surface area (Å²) in [6, 6.07) is 21.2. The van der Waals surface area contributed by atoms with Gasteiger partial charge in [0.2, 0.25) is 0 Å². The maximum absolute atomic E-state index is 6.48. The zero-order chi connectivity index (χ0) is 15.4. The third kappa shape index (κ3) is 2.78. The second kappa shape index (κ2) is 6.35. The van der Waals surface area contributed by atoms with Crippen LogP contribution < -0.4 is 0 Å². The average Bonchev–Trinajstić information content (AvgIpc) is 2.58. The first-order valence-corrected chi connectivity index (χ1v) is 8.06. The van der Waals surface area contributed by atoms with Gasteiger partial charge in [-0.3, -0.25) is 4.99 Å². The fraction of sp³-hybridized carbons (Fsp3) is 0.350. The monoisotopic (exact) mass is 293 g/mol. The minimum atomic E-state index is -0.324. The fourth-order valence-corrected chi connectivity index (χ4v) is 3.19. The summed E-state index contributed by atoms with van der Waals surface area (Å²) in [4.78, 5) is 4.59. The van der Waals surface area contributed by atoms with E-state index in [1.54, 1.807) is 0 Å². The summed E-state index contributed by atoms with van der Waals surface area (Å²) < 4.78 is 6.48. The Kier molecular flexibility index (Phi) is 4.28. The standard InChI is InChI=1S/C20H23NO/c1-3-19-21-15-16(2)20(22-19,18-12-8-5-9-13-18)14-17-10-6-4-7-11-17/h4-13,16H,3,14-15H2,1-2H3/t16-,20+/m1/s1. The Labute approximate surface area is 132 Å². The maximum atomic E-state index is 6.48. The highest BCUT2D eigenvalue weighted by molar-refractivity contribution is 5.77. The second-order valence-corrected chi connectivity index (χ2v) is 6.01. The predicted octanol–water partition coefficient (Wildman–Crippen LogP) is 4.60. The van der Waals surface area contributed by atoms with Crippen molar-refractivity contribution in [1.82, 2.24) is 0 Å². The van der Waals surface area contributed by atoms with Gasteiger partial charge in [0.25, 0.3) is 0 Å². The van der Waals surface area contributed by atoms with Crippen molar-refractivity contribution in [3.63, 3.8) is 0 Å². The summed E-state index contributed by atoms with van der Waals surface area (Å²) in [6.45, 7) is 5.17. The van der Waals surface area contributed by atoms with Crippen LogP contribution in [0.5, 0.6) is 0 Å². The number of rotatable bonds is 4. The molecule has 0 spiro atoms. The van der Waals surface area contributed by atoms with Crippen molar-refractivity contribution in [2.24, 2.45) is 10.9 Å². The van der Waals surface area contributed by atoms with Crippen LogP contribution in [0.25, 0.3) is 0 Å². The predicted molar refractivity (Wildman–Crippen MR) is 91.1 cm³/mol. The summed E-state index contributed by atoms with van der Waals surface area (Å²) in [6.07, 6.45) is 1.72. The van der Waals surface area contributed by atoms with Crippen molar-refractivity contribution >= 4 is 5.90 Å². The molecule has 0 radical (unpaired) electrons. The quantitative estimate of drug-likeness (QED) is 0.807. The van der Waals surface area contributed by atoms with Gasteiger partial charge in [-0.2, -0.15) is 0 Å². The lowest BCUT2D eigenvalue weighted by molar-refractivity contribution is -0.0137. The highest BCUT2D eigenvalue weighted by Crippen LogP contribution is 2.40. The fourth-order valence-electron chi connectivity index (χ4n) is 3.19. The first kappa shape index (κ1) is 14.8. The zero-order valence-corrected chi connectivity index (χ0v) is 13.3. The van der Waals surface area contributed by atoms with Crippen LogP contribution in [0.1, 0.15) is 31.4 Å². The number of ether oxygens (including phenoxy) is 1. The molecule has 2 aromatic rings. The molecule has 1 aliphatic heterocycles. The van der Waals surface area contributed by atoms with Gasteiger partial charge in [-0.15, -0.1) is 0 Å². The molecule has 0 unspecified atom stereocenters.